The maximum atomic E-state index is 2.08. The molecule has 0 amide bonds. The zero-order valence-corrected chi connectivity index (χ0v) is 13.0. The molecule has 0 N–H and O–H groups in total. The van der Waals surface area contributed by atoms with Crippen LogP contribution in [0.25, 0.3) is 0 Å². The molecule has 0 atom stereocenters. The van der Waals surface area contributed by atoms with E-state index in [0.717, 1.165) is 0 Å². The minimum absolute atomic E-state index is 0. The Morgan fingerprint density at radius 2 is 1.13 bits per heavy atom. The third kappa shape index (κ3) is 10.4. The zero-order chi connectivity index (χ0) is 8.81. The summed E-state index contributed by atoms with van der Waals surface area (Å²) >= 11 is 0. The summed E-state index contributed by atoms with van der Waals surface area (Å²) in [5.74, 6) is 0. The minimum atomic E-state index is 0. The Balaban J connectivity index is -0.000000160. The topological polar surface area (TPSA) is 0 Å². The van der Waals surface area contributed by atoms with Gasteiger partial charge < -0.3 is 0 Å². The van der Waals surface area contributed by atoms with E-state index in [9.17, 15) is 0 Å². The van der Waals surface area contributed by atoms with E-state index in [1.54, 1.807) is 0 Å². The van der Waals surface area contributed by atoms with Gasteiger partial charge in [-0.15, -0.1) is 24.8 Å². The van der Waals surface area contributed by atoms with Crippen LogP contribution in [0, 0.1) is 13.8 Å². The van der Waals surface area contributed by atoms with E-state index in [-0.39, 0.29) is 51.0 Å². The smallest absolute Gasteiger partial charge is 0.213 e. The van der Waals surface area contributed by atoms with E-state index >= 15 is 0 Å². The quantitative estimate of drug-likeness (QED) is 0.636. The van der Waals surface area contributed by atoms with Crippen molar-refractivity contribution in [3.05, 3.63) is 59.7 Å². The van der Waals surface area contributed by atoms with E-state index in [0.29, 0.717) is 0 Å². The molecule has 0 radical (unpaired) electrons. The third-order valence-electron chi connectivity index (χ3n) is 1.66. The molecule has 15 heavy (non-hydrogen) atoms. The molecule has 0 heterocycles. The maximum absolute atomic E-state index is 2.08. The first-order chi connectivity index (χ1) is 5.79. The molecule has 3 heteroatoms. The first-order valence-electron chi connectivity index (χ1n) is 4.15. The third-order valence-corrected chi connectivity index (χ3v) is 1.66. The molecule has 0 aliphatic heterocycles. The maximum Gasteiger partial charge on any atom is 2.00 e. The van der Waals surface area contributed by atoms with Crippen LogP contribution in [0.15, 0.2) is 48.5 Å². The molecule has 82 valence electrons. The monoisotopic (exact) mass is 320 g/mol. The molecule has 2 aromatic rings. The van der Waals surface area contributed by atoms with Gasteiger partial charge in [0.2, 0.25) is 0 Å². The van der Waals surface area contributed by atoms with Gasteiger partial charge in [-0.05, 0) is 0 Å². The first kappa shape index (κ1) is 20.6. The fourth-order valence-corrected chi connectivity index (χ4v) is 0.940. The van der Waals surface area contributed by atoms with E-state index < -0.39 is 0 Å². The molecule has 0 unspecified atom stereocenters. The fourth-order valence-electron chi connectivity index (χ4n) is 0.940. The van der Waals surface area contributed by atoms with Crippen molar-refractivity contribution in [1.29, 1.82) is 0 Å². The van der Waals surface area contributed by atoms with Crippen LogP contribution in [-0.2, 0) is 26.2 Å². The Hall–Kier alpha value is 0.163. The number of rotatable bonds is 0. The number of hydrogen-bond donors (Lipinski definition) is 0. The average molecular weight is 322 g/mol. The molecule has 0 aliphatic rings. The molecule has 0 fully saturated rings. The second-order valence-corrected chi connectivity index (χ2v) is 2.92. The van der Waals surface area contributed by atoms with Crippen molar-refractivity contribution >= 4 is 24.8 Å². The van der Waals surface area contributed by atoms with Crippen LogP contribution in [0.5, 0.6) is 0 Å². The predicted octanol–water partition coefficient (Wildman–Crippen LogP) is 4.27. The molecule has 0 nitrogen and oxygen atoms in total. The van der Waals surface area contributed by atoms with E-state index in [1.807, 2.05) is 24.3 Å². The van der Waals surface area contributed by atoms with E-state index in [4.69, 9.17) is 0 Å². The van der Waals surface area contributed by atoms with Gasteiger partial charge in [0.05, 0.1) is 0 Å². The summed E-state index contributed by atoms with van der Waals surface area (Å²) in [6.07, 6.45) is 0. The van der Waals surface area contributed by atoms with Crippen molar-refractivity contribution in [3.63, 3.8) is 0 Å². The van der Waals surface area contributed by atoms with Crippen molar-refractivity contribution in [3.8, 4) is 0 Å². The van der Waals surface area contributed by atoms with Crippen LogP contribution < -0.4 is 0 Å². The van der Waals surface area contributed by atoms with Gasteiger partial charge in [-0.2, -0.15) is 35.4 Å². The second kappa shape index (κ2) is 12.2. The Morgan fingerprint density at radius 1 is 0.800 bits per heavy atom. The largest absolute Gasteiger partial charge is 2.00 e. The molecule has 0 aromatic heterocycles. The van der Waals surface area contributed by atoms with Crippen molar-refractivity contribution in [2.75, 3.05) is 0 Å². The van der Waals surface area contributed by atoms with Crippen LogP contribution in [0.1, 0.15) is 11.1 Å². The second-order valence-electron chi connectivity index (χ2n) is 2.92. The Kier molecular flexibility index (Phi) is 16.8. The summed E-state index contributed by atoms with van der Waals surface area (Å²) in [5.41, 5.74) is 2.69. The van der Waals surface area contributed by atoms with Crippen LogP contribution in [0.4, 0.5) is 0 Å². The molecule has 2 rings (SSSR count). The Bertz CT molecular complexity index is 253. The Morgan fingerprint density at radius 3 is 1.20 bits per heavy atom. The van der Waals surface area contributed by atoms with Crippen LogP contribution in [0.2, 0.25) is 0 Å². The molecule has 0 aliphatic carbocycles. The minimum Gasteiger partial charge on any atom is -0.213 e. The fraction of sp³-hybridized carbons (Fsp3) is 0.167. The number of hydrogen-bond acceptors (Lipinski definition) is 0. The first-order valence-corrected chi connectivity index (χ1v) is 4.15. The molecule has 0 saturated heterocycles. The molecular formula is C12H16Cl2Zr. The van der Waals surface area contributed by atoms with Gasteiger partial charge in [-0.25, -0.2) is 24.3 Å². The van der Waals surface area contributed by atoms with Crippen LogP contribution in [-0.4, -0.2) is 0 Å². The van der Waals surface area contributed by atoms with E-state index in [2.05, 4.69) is 38.1 Å². The summed E-state index contributed by atoms with van der Waals surface area (Å²) in [7, 11) is 0. The van der Waals surface area contributed by atoms with Gasteiger partial charge in [0, 0.05) is 0 Å². The summed E-state index contributed by atoms with van der Waals surface area (Å²) in [5, 5.41) is 0. The van der Waals surface area contributed by atoms with E-state index in [1.165, 1.54) is 11.1 Å². The molecule has 0 saturated carbocycles. The predicted molar refractivity (Wildman–Crippen MR) is 68.0 cm³/mol. The van der Waals surface area contributed by atoms with Crippen molar-refractivity contribution < 1.29 is 26.2 Å². The number of aryl methyl sites for hydroxylation is 2. The summed E-state index contributed by atoms with van der Waals surface area (Å²) < 4.78 is 0. The van der Waals surface area contributed by atoms with Gasteiger partial charge in [-0.3, -0.25) is 0 Å². The van der Waals surface area contributed by atoms with Gasteiger partial charge in [0.25, 0.3) is 0 Å². The van der Waals surface area contributed by atoms with Crippen LogP contribution in [0.3, 0.4) is 0 Å². The standard InChI is InChI=1S/2C6H7.2ClH.Zr/c2*1-6-4-2-3-5-6;;;/h2*2-5H,1H3;2*1H;/q2*-1;;;+2. The Labute approximate surface area is 124 Å². The van der Waals surface area contributed by atoms with Gasteiger partial charge >= 0.3 is 26.2 Å². The van der Waals surface area contributed by atoms with Crippen molar-refractivity contribution in [2.45, 2.75) is 13.8 Å². The van der Waals surface area contributed by atoms with Crippen LogP contribution >= 0.6 is 24.8 Å². The zero-order valence-electron chi connectivity index (χ0n) is 8.94. The van der Waals surface area contributed by atoms with Crippen molar-refractivity contribution in [2.24, 2.45) is 0 Å². The van der Waals surface area contributed by atoms with Gasteiger partial charge in [-0.1, -0.05) is 13.8 Å². The summed E-state index contributed by atoms with van der Waals surface area (Å²) in [6, 6.07) is 16.5. The molecule has 0 spiro atoms. The van der Waals surface area contributed by atoms with Crippen molar-refractivity contribution in [1.82, 2.24) is 0 Å². The molecular weight excluding hydrogens is 306 g/mol. The summed E-state index contributed by atoms with van der Waals surface area (Å²) in [4.78, 5) is 0. The van der Waals surface area contributed by atoms with Gasteiger partial charge in [0.1, 0.15) is 0 Å². The molecule has 2 aromatic carbocycles. The number of halogens is 2. The van der Waals surface area contributed by atoms with Gasteiger partial charge in [0.15, 0.2) is 0 Å². The summed E-state index contributed by atoms with van der Waals surface area (Å²) in [6.45, 7) is 4.17. The average Bonchev–Trinajstić information content (AvgIpc) is 2.63. The SMILES string of the molecule is Cc1ccc[cH-]1.Cc1ccc[cH-]1.Cl.Cl.[Zr+2]. The molecule has 0 bridgehead atoms. The normalized spacial score (nSPS) is 7.07.